The van der Waals surface area contributed by atoms with E-state index in [1.807, 2.05) is 32.0 Å². The average molecular weight is 445 g/mol. The predicted molar refractivity (Wildman–Crippen MR) is 110 cm³/mol. The highest BCUT2D eigenvalue weighted by atomic mass is 79.9. The molecular formula is C19H21BrN6O2. The molecule has 1 unspecified atom stereocenters. The van der Waals surface area contributed by atoms with Crippen molar-refractivity contribution >= 4 is 39.1 Å². The fourth-order valence-electron chi connectivity index (χ4n) is 2.70. The number of hydrogen-bond acceptors (Lipinski definition) is 4. The van der Waals surface area contributed by atoms with Gasteiger partial charge in [0.15, 0.2) is 5.69 Å². The molecule has 1 atom stereocenters. The van der Waals surface area contributed by atoms with E-state index < -0.39 is 6.04 Å². The van der Waals surface area contributed by atoms with Crippen molar-refractivity contribution in [3.05, 3.63) is 58.6 Å². The highest BCUT2D eigenvalue weighted by Gasteiger charge is 2.23. The lowest BCUT2D eigenvalue weighted by Gasteiger charge is -2.14. The molecule has 0 bridgehead atoms. The van der Waals surface area contributed by atoms with Crippen molar-refractivity contribution in [2.24, 2.45) is 0 Å². The molecule has 2 aromatic heterocycles. The third-order valence-corrected chi connectivity index (χ3v) is 5.10. The molecule has 2 heterocycles. The van der Waals surface area contributed by atoms with E-state index in [0.29, 0.717) is 17.9 Å². The lowest BCUT2D eigenvalue weighted by Crippen LogP contribution is -2.26. The molecule has 0 aliphatic carbocycles. The maximum absolute atomic E-state index is 12.7. The SMILES string of the molecule is CCn1cc(NC(=O)C(C)n2ncc(Br)c2C)c(C(=O)Nc2ccccc2)n1. The van der Waals surface area contributed by atoms with E-state index in [4.69, 9.17) is 0 Å². The first-order chi connectivity index (χ1) is 13.4. The molecular weight excluding hydrogens is 424 g/mol. The first-order valence-corrected chi connectivity index (χ1v) is 9.64. The predicted octanol–water partition coefficient (Wildman–Crippen LogP) is 3.62. The maximum Gasteiger partial charge on any atom is 0.278 e. The summed E-state index contributed by atoms with van der Waals surface area (Å²) in [6.07, 6.45) is 3.29. The van der Waals surface area contributed by atoms with Crippen LogP contribution in [0.25, 0.3) is 0 Å². The van der Waals surface area contributed by atoms with Crippen LogP contribution in [0.1, 0.15) is 36.1 Å². The fourth-order valence-corrected chi connectivity index (χ4v) is 2.97. The van der Waals surface area contributed by atoms with Gasteiger partial charge in [0.1, 0.15) is 6.04 Å². The minimum Gasteiger partial charge on any atom is -0.321 e. The summed E-state index contributed by atoms with van der Waals surface area (Å²) in [7, 11) is 0. The van der Waals surface area contributed by atoms with Crippen molar-refractivity contribution in [2.45, 2.75) is 33.4 Å². The molecule has 0 saturated heterocycles. The van der Waals surface area contributed by atoms with Crippen LogP contribution < -0.4 is 10.6 Å². The lowest BCUT2D eigenvalue weighted by atomic mass is 10.2. The Morgan fingerprint density at radius 3 is 2.54 bits per heavy atom. The van der Waals surface area contributed by atoms with E-state index in [9.17, 15) is 9.59 Å². The molecule has 2 amide bonds. The molecule has 0 aliphatic heterocycles. The zero-order valence-electron chi connectivity index (χ0n) is 15.8. The van der Waals surface area contributed by atoms with Gasteiger partial charge in [-0.2, -0.15) is 10.2 Å². The van der Waals surface area contributed by atoms with E-state index in [2.05, 4.69) is 36.8 Å². The third kappa shape index (κ3) is 4.14. The van der Waals surface area contributed by atoms with Gasteiger partial charge in [0.05, 0.1) is 22.1 Å². The van der Waals surface area contributed by atoms with E-state index in [-0.39, 0.29) is 17.5 Å². The summed E-state index contributed by atoms with van der Waals surface area (Å²) in [4.78, 5) is 25.4. The van der Waals surface area contributed by atoms with Gasteiger partial charge in [-0.3, -0.25) is 19.0 Å². The summed E-state index contributed by atoms with van der Waals surface area (Å²) >= 11 is 3.39. The molecule has 8 nitrogen and oxygen atoms in total. The van der Waals surface area contributed by atoms with E-state index in [1.165, 1.54) is 0 Å². The Bertz CT molecular complexity index is 995. The number of hydrogen-bond donors (Lipinski definition) is 2. The van der Waals surface area contributed by atoms with Crippen molar-refractivity contribution in [2.75, 3.05) is 10.6 Å². The molecule has 0 spiro atoms. The fraction of sp³-hybridized carbons (Fsp3) is 0.263. The molecule has 0 saturated carbocycles. The normalized spacial score (nSPS) is 11.9. The minimum absolute atomic E-state index is 0.157. The van der Waals surface area contributed by atoms with E-state index >= 15 is 0 Å². The molecule has 9 heteroatoms. The third-order valence-electron chi connectivity index (χ3n) is 4.32. The van der Waals surface area contributed by atoms with Crippen molar-refractivity contribution in [3.8, 4) is 0 Å². The van der Waals surface area contributed by atoms with Gasteiger partial charge in [-0.05, 0) is 48.8 Å². The van der Waals surface area contributed by atoms with Crippen molar-refractivity contribution < 1.29 is 9.59 Å². The quantitative estimate of drug-likeness (QED) is 0.606. The van der Waals surface area contributed by atoms with E-state index in [1.54, 1.807) is 40.8 Å². The van der Waals surface area contributed by atoms with Crippen LogP contribution >= 0.6 is 15.9 Å². The number of amides is 2. The zero-order valence-corrected chi connectivity index (χ0v) is 17.4. The highest BCUT2D eigenvalue weighted by molar-refractivity contribution is 9.10. The molecule has 0 aliphatic rings. The summed E-state index contributed by atoms with van der Waals surface area (Å²) in [6, 6.07) is 8.54. The summed E-state index contributed by atoms with van der Waals surface area (Å²) in [5, 5.41) is 14.1. The first-order valence-electron chi connectivity index (χ1n) is 8.85. The number of aryl methyl sites for hydroxylation is 1. The van der Waals surface area contributed by atoms with Gasteiger partial charge in [-0.15, -0.1) is 0 Å². The zero-order chi connectivity index (χ0) is 20.3. The Labute approximate surface area is 171 Å². The summed E-state index contributed by atoms with van der Waals surface area (Å²) in [5.41, 5.74) is 2.01. The molecule has 1 aromatic carbocycles. The van der Waals surface area contributed by atoms with Crippen LogP contribution in [0, 0.1) is 6.92 Å². The van der Waals surface area contributed by atoms with Gasteiger partial charge in [0, 0.05) is 18.4 Å². The van der Waals surface area contributed by atoms with Gasteiger partial charge in [0.2, 0.25) is 5.91 Å². The van der Waals surface area contributed by atoms with Crippen LogP contribution in [0.15, 0.2) is 47.2 Å². The molecule has 0 radical (unpaired) electrons. The Hall–Kier alpha value is -2.94. The van der Waals surface area contributed by atoms with Crippen molar-refractivity contribution in [1.29, 1.82) is 0 Å². The van der Waals surface area contributed by atoms with Crippen LogP contribution in [-0.4, -0.2) is 31.4 Å². The number of nitrogens with zero attached hydrogens (tertiary/aromatic N) is 4. The Kier molecular flexibility index (Phi) is 5.93. The molecule has 28 heavy (non-hydrogen) atoms. The van der Waals surface area contributed by atoms with Gasteiger partial charge in [-0.25, -0.2) is 0 Å². The number of aromatic nitrogens is 4. The molecule has 146 valence electrons. The second-order valence-electron chi connectivity index (χ2n) is 6.25. The number of rotatable bonds is 6. The Balaban J connectivity index is 1.81. The van der Waals surface area contributed by atoms with Crippen molar-refractivity contribution in [1.82, 2.24) is 19.6 Å². The van der Waals surface area contributed by atoms with Gasteiger partial charge in [-0.1, -0.05) is 18.2 Å². The summed E-state index contributed by atoms with van der Waals surface area (Å²) in [6.45, 7) is 6.09. The summed E-state index contributed by atoms with van der Waals surface area (Å²) < 4.78 is 4.05. The number of anilines is 2. The van der Waals surface area contributed by atoms with Gasteiger partial charge >= 0.3 is 0 Å². The first kappa shape index (κ1) is 19.8. The number of nitrogens with one attached hydrogen (secondary N) is 2. The van der Waals surface area contributed by atoms with E-state index in [0.717, 1.165) is 10.2 Å². The maximum atomic E-state index is 12.7. The topological polar surface area (TPSA) is 93.8 Å². The number of halogens is 1. The molecule has 3 rings (SSSR count). The smallest absolute Gasteiger partial charge is 0.278 e. The standard InChI is InChI=1S/C19H21BrN6O2/c1-4-25-11-16(17(24-25)19(28)22-14-8-6-5-7-9-14)23-18(27)13(3)26-12(2)15(20)10-21-26/h5-11,13H,4H2,1-3H3,(H,22,28)(H,23,27). The molecule has 2 N–H and O–H groups in total. The van der Waals surface area contributed by atoms with Gasteiger partial charge in [0.25, 0.3) is 5.91 Å². The van der Waals surface area contributed by atoms with Crippen LogP contribution in [-0.2, 0) is 11.3 Å². The largest absolute Gasteiger partial charge is 0.321 e. The van der Waals surface area contributed by atoms with Crippen LogP contribution in [0.5, 0.6) is 0 Å². The van der Waals surface area contributed by atoms with Crippen LogP contribution in [0.2, 0.25) is 0 Å². The highest BCUT2D eigenvalue weighted by Crippen LogP contribution is 2.21. The van der Waals surface area contributed by atoms with Crippen molar-refractivity contribution in [3.63, 3.8) is 0 Å². The second kappa shape index (κ2) is 8.39. The number of benzene rings is 1. The lowest BCUT2D eigenvalue weighted by molar-refractivity contribution is -0.119. The van der Waals surface area contributed by atoms with Crippen LogP contribution in [0.4, 0.5) is 11.4 Å². The number of carbonyl (C=O) groups is 2. The van der Waals surface area contributed by atoms with Crippen LogP contribution in [0.3, 0.4) is 0 Å². The Morgan fingerprint density at radius 2 is 1.93 bits per heavy atom. The second-order valence-corrected chi connectivity index (χ2v) is 7.11. The summed E-state index contributed by atoms with van der Waals surface area (Å²) in [5.74, 6) is -0.678. The molecule has 3 aromatic rings. The number of para-hydroxylation sites is 1. The average Bonchev–Trinajstić information content (AvgIpc) is 3.25. The Morgan fingerprint density at radius 1 is 1.21 bits per heavy atom. The van der Waals surface area contributed by atoms with Gasteiger partial charge < -0.3 is 10.6 Å². The molecule has 0 fully saturated rings. The minimum atomic E-state index is -0.554. The monoisotopic (exact) mass is 444 g/mol. The number of carbonyl (C=O) groups excluding carboxylic acids is 2.